The third-order valence-electron chi connectivity index (χ3n) is 5.89. The number of hydrogen-bond acceptors (Lipinski definition) is 5. The Bertz CT molecular complexity index is 1070. The summed E-state index contributed by atoms with van der Waals surface area (Å²) in [5.41, 5.74) is 3.63. The lowest BCUT2D eigenvalue weighted by Crippen LogP contribution is -2.55. The van der Waals surface area contributed by atoms with Crippen molar-refractivity contribution in [3.8, 4) is 11.3 Å². The Morgan fingerprint density at radius 1 is 1.15 bits per heavy atom. The van der Waals surface area contributed by atoms with E-state index in [0.29, 0.717) is 13.1 Å². The molecule has 0 unspecified atom stereocenters. The zero-order chi connectivity index (χ0) is 23.1. The predicted molar refractivity (Wildman–Crippen MR) is 130 cm³/mol. The van der Waals surface area contributed by atoms with Crippen molar-refractivity contribution in [3.05, 3.63) is 78.3 Å². The highest BCUT2D eigenvalue weighted by Crippen LogP contribution is 2.23. The maximum absolute atomic E-state index is 12.6. The molecule has 0 spiro atoms. The lowest BCUT2D eigenvalue weighted by molar-refractivity contribution is -0.117. The molecular weight excluding hydrogens is 414 g/mol. The molecule has 0 aliphatic carbocycles. The van der Waals surface area contributed by atoms with Crippen LogP contribution in [-0.2, 0) is 16.1 Å². The summed E-state index contributed by atoms with van der Waals surface area (Å²) < 4.78 is 7.34. The third-order valence-corrected chi connectivity index (χ3v) is 5.89. The van der Waals surface area contributed by atoms with Crippen molar-refractivity contribution in [2.75, 3.05) is 32.8 Å². The zero-order valence-corrected chi connectivity index (χ0v) is 19.3. The van der Waals surface area contributed by atoms with Crippen LogP contribution in [-0.4, -0.2) is 64.0 Å². The van der Waals surface area contributed by atoms with Gasteiger partial charge in [0.1, 0.15) is 5.69 Å². The SMILES string of the molecule is CC(C)(CNC(=O)/C=C/c1cn(Cc2ccccc2)nc1-c1cccnc1)N1CCOCC1. The quantitative estimate of drug-likeness (QED) is 0.539. The molecule has 7 heteroatoms. The van der Waals surface area contributed by atoms with E-state index < -0.39 is 0 Å². The van der Waals surface area contributed by atoms with Crippen LogP contribution in [0, 0.1) is 0 Å². The summed E-state index contributed by atoms with van der Waals surface area (Å²) in [5, 5.41) is 7.82. The molecule has 0 radical (unpaired) electrons. The first-order valence-electron chi connectivity index (χ1n) is 11.3. The molecule has 1 N–H and O–H groups in total. The van der Waals surface area contributed by atoms with E-state index in [2.05, 4.69) is 41.2 Å². The molecule has 33 heavy (non-hydrogen) atoms. The lowest BCUT2D eigenvalue weighted by Gasteiger charge is -2.40. The minimum atomic E-state index is -0.130. The highest BCUT2D eigenvalue weighted by Gasteiger charge is 2.28. The van der Waals surface area contributed by atoms with Crippen LogP contribution in [0.3, 0.4) is 0 Å². The van der Waals surface area contributed by atoms with Crippen LogP contribution in [0.4, 0.5) is 0 Å². The Morgan fingerprint density at radius 2 is 1.94 bits per heavy atom. The molecule has 1 aromatic carbocycles. The second-order valence-electron chi connectivity index (χ2n) is 8.82. The van der Waals surface area contributed by atoms with Gasteiger partial charge in [-0.1, -0.05) is 30.3 Å². The second-order valence-corrected chi connectivity index (χ2v) is 8.82. The number of nitrogens with one attached hydrogen (secondary N) is 1. The van der Waals surface area contributed by atoms with Gasteiger partial charge in [0.05, 0.1) is 19.8 Å². The molecule has 0 bridgehead atoms. The van der Waals surface area contributed by atoms with Gasteiger partial charge in [-0.15, -0.1) is 0 Å². The van der Waals surface area contributed by atoms with Crippen molar-refractivity contribution in [2.45, 2.75) is 25.9 Å². The second kappa shape index (κ2) is 10.6. The minimum absolute atomic E-state index is 0.121. The fraction of sp³-hybridized carbons (Fsp3) is 0.346. The standard InChI is InChI=1S/C26H31N5O2/c1-26(2,30-13-15-33-16-14-30)20-28-24(32)11-10-23-19-31(18-21-7-4-3-5-8-21)29-25(23)22-9-6-12-27-17-22/h3-12,17,19H,13-16,18,20H2,1-2H3,(H,28,32)/b11-10+. The van der Waals surface area contributed by atoms with Crippen molar-refractivity contribution < 1.29 is 9.53 Å². The highest BCUT2D eigenvalue weighted by molar-refractivity contribution is 5.92. The molecule has 3 heterocycles. The number of nitrogens with zero attached hydrogens (tertiary/aromatic N) is 4. The molecule has 1 saturated heterocycles. The van der Waals surface area contributed by atoms with Gasteiger partial charge in [-0.3, -0.25) is 19.4 Å². The normalized spacial score (nSPS) is 15.1. The van der Waals surface area contributed by atoms with Crippen LogP contribution < -0.4 is 5.32 Å². The van der Waals surface area contributed by atoms with Crippen molar-refractivity contribution >= 4 is 12.0 Å². The van der Waals surface area contributed by atoms with Crippen molar-refractivity contribution in [2.24, 2.45) is 0 Å². The topological polar surface area (TPSA) is 72.3 Å². The van der Waals surface area contributed by atoms with Crippen LogP contribution in [0.25, 0.3) is 17.3 Å². The Morgan fingerprint density at radius 3 is 2.67 bits per heavy atom. The van der Waals surface area contributed by atoms with Crippen LogP contribution in [0.5, 0.6) is 0 Å². The summed E-state index contributed by atoms with van der Waals surface area (Å²) in [4.78, 5) is 19.2. The number of benzene rings is 1. The summed E-state index contributed by atoms with van der Waals surface area (Å²) in [5.74, 6) is -0.121. The highest BCUT2D eigenvalue weighted by atomic mass is 16.5. The fourth-order valence-corrected chi connectivity index (χ4v) is 3.95. The van der Waals surface area contributed by atoms with Gasteiger partial charge >= 0.3 is 0 Å². The number of carbonyl (C=O) groups is 1. The zero-order valence-electron chi connectivity index (χ0n) is 19.3. The molecule has 0 saturated carbocycles. The lowest BCUT2D eigenvalue weighted by atomic mass is 10.0. The van der Waals surface area contributed by atoms with Crippen molar-refractivity contribution in [1.29, 1.82) is 0 Å². The van der Waals surface area contributed by atoms with E-state index in [1.165, 1.54) is 0 Å². The number of amides is 1. The number of ether oxygens (including phenoxy) is 1. The molecule has 1 fully saturated rings. The molecule has 2 aromatic heterocycles. The van der Waals surface area contributed by atoms with Crippen molar-refractivity contribution in [1.82, 2.24) is 25.0 Å². The number of hydrogen-bond donors (Lipinski definition) is 1. The molecule has 1 aliphatic heterocycles. The summed E-state index contributed by atoms with van der Waals surface area (Å²) in [7, 11) is 0. The van der Waals surface area contributed by atoms with Gasteiger partial charge < -0.3 is 10.1 Å². The fourth-order valence-electron chi connectivity index (χ4n) is 3.95. The first-order valence-corrected chi connectivity index (χ1v) is 11.3. The van der Waals surface area contributed by atoms with E-state index in [0.717, 1.165) is 48.7 Å². The van der Waals surface area contributed by atoms with Gasteiger partial charge in [0, 0.05) is 61.0 Å². The molecule has 7 nitrogen and oxygen atoms in total. The summed E-state index contributed by atoms with van der Waals surface area (Å²) in [6.07, 6.45) is 8.91. The van der Waals surface area contributed by atoms with Crippen LogP contribution >= 0.6 is 0 Å². The summed E-state index contributed by atoms with van der Waals surface area (Å²) in [6, 6.07) is 14.1. The van der Waals surface area contributed by atoms with E-state index >= 15 is 0 Å². The smallest absolute Gasteiger partial charge is 0.244 e. The third kappa shape index (κ3) is 6.15. The van der Waals surface area contributed by atoms with E-state index in [1.54, 1.807) is 18.5 Å². The van der Waals surface area contributed by atoms with E-state index in [4.69, 9.17) is 9.84 Å². The summed E-state index contributed by atoms with van der Waals surface area (Å²) in [6.45, 7) is 8.76. The minimum Gasteiger partial charge on any atom is -0.379 e. The van der Waals surface area contributed by atoms with Gasteiger partial charge in [-0.2, -0.15) is 5.10 Å². The van der Waals surface area contributed by atoms with Crippen LogP contribution in [0.2, 0.25) is 0 Å². The Balaban J connectivity index is 1.47. The molecule has 172 valence electrons. The summed E-state index contributed by atoms with van der Waals surface area (Å²) >= 11 is 0. The Kier molecular flexibility index (Phi) is 7.32. The number of rotatable bonds is 8. The first kappa shape index (κ1) is 22.9. The van der Waals surface area contributed by atoms with Crippen LogP contribution in [0.15, 0.2) is 67.1 Å². The largest absolute Gasteiger partial charge is 0.379 e. The van der Waals surface area contributed by atoms with Crippen molar-refractivity contribution in [3.63, 3.8) is 0 Å². The predicted octanol–water partition coefficient (Wildman–Crippen LogP) is 3.23. The van der Waals surface area contributed by atoms with Gasteiger partial charge in [-0.25, -0.2) is 0 Å². The van der Waals surface area contributed by atoms with Gasteiger partial charge in [0.25, 0.3) is 0 Å². The number of aromatic nitrogens is 3. The van der Waals surface area contributed by atoms with E-state index in [1.807, 2.05) is 47.3 Å². The number of morpholine rings is 1. The maximum Gasteiger partial charge on any atom is 0.244 e. The molecular formula is C26H31N5O2. The number of pyridine rings is 1. The number of carbonyl (C=O) groups excluding carboxylic acids is 1. The van der Waals surface area contributed by atoms with E-state index in [-0.39, 0.29) is 11.4 Å². The maximum atomic E-state index is 12.6. The molecule has 4 rings (SSSR count). The Labute approximate surface area is 195 Å². The van der Waals surface area contributed by atoms with Gasteiger partial charge in [-0.05, 0) is 37.6 Å². The van der Waals surface area contributed by atoms with E-state index in [9.17, 15) is 4.79 Å². The molecule has 3 aromatic rings. The Hall–Kier alpha value is -3.29. The van der Waals surface area contributed by atoms with Gasteiger partial charge in [0.2, 0.25) is 5.91 Å². The molecule has 1 amide bonds. The monoisotopic (exact) mass is 445 g/mol. The average Bonchev–Trinajstić information content (AvgIpc) is 3.26. The molecule has 1 aliphatic rings. The van der Waals surface area contributed by atoms with Crippen LogP contribution in [0.1, 0.15) is 25.0 Å². The molecule has 0 atom stereocenters. The first-order chi connectivity index (χ1) is 16.0. The average molecular weight is 446 g/mol. The van der Waals surface area contributed by atoms with Gasteiger partial charge in [0.15, 0.2) is 0 Å².